The van der Waals surface area contributed by atoms with Crippen LogP contribution in [0, 0.1) is 16.7 Å². The molecule has 4 aliphatic rings. The molecule has 1 saturated heterocycles. The van der Waals surface area contributed by atoms with Gasteiger partial charge in [0.05, 0.1) is 29.6 Å². The summed E-state index contributed by atoms with van der Waals surface area (Å²) >= 11 is 0. The highest BCUT2D eigenvalue weighted by Crippen LogP contribution is 2.64. The number of hydrogen-bond donors (Lipinski definition) is 3. The van der Waals surface area contributed by atoms with Gasteiger partial charge in [0, 0.05) is 25.2 Å². The van der Waals surface area contributed by atoms with Crippen LogP contribution in [0.2, 0.25) is 0 Å². The first-order valence-corrected chi connectivity index (χ1v) is 16.4. The Kier molecular flexibility index (Phi) is 8.76. The SMILES string of the molecule is CC(=O)O[C@@]12CO[C@@H]1C[C@H](OC(=O)COc1ccccc1)[C@@]1(C)C(=O)[C@H](O)C3=C(C)C(O)C[C@@](O)([C@@H](OC(=O)c4ccccc4)[C@H]21)C3(C)C. The molecule has 3 fully saturated rings. The Labute approximate surface area is 283 Å². The number of hydrogen-bond acceptors (Lipinski definition) is 12. The van der Waals surface area contributed by atoms with Crippen molar-refractivity contribution in [3.63, 3.8) is 0 Å². The monoisotopic (exact) mass is 678 g/mol. The Morgan fingerprint density at radius 3 is 2.18 bits per heavy atom. The lowest BCUT2D eigenvalue weighted by molar-refractivity contribution is -0.346. The predicted molar refractivity (Wildman–Crippen MR) is 171 cm³/mol. The van der Waals surface area contributed by atoms with Crippen LogP contribution in [0.1, 0.15) is 57.8 Å². The van der Waals surface area contributed by atoms with Crippen LogP contribution in [0.5, 0.6) is 5.75 Å². The lowest BCUT2D eigenvalue weighted by atomic mass is 9.44. The first-order chi connectivity index (χ1) is 23.1. The van der Waals surface area contributed by atoms with Crippen LogP contribution in [-0.2, 0) is 33.3 Å². The van der Waals surface area contributed by atoms with Gasteiger partial charge in [0.2, 0.25) is 0 Å². The summed E-state index contributed by atoms with van der Waals surface area (Å²) in [6.07, 6.45) is -7.64. The van der Waals surface area contributed by atoms with Crippen molar-refractivity contribution in [3.8, 4) is 5.75 Å². The maximum Gasteiger partial charge on any atom is 0.344 e. The molecule has 0 amide bonds. The summed E-state index contributed by atoms with van der Waals surface area (Å²) in [7, 11) is 0. The van der Waals surface area contributed by atoms with Gasteiger partial charge >= 0.3 is 17.9 Å². The highest BCUT2D eigenvalue weighted by Gasteiger charge is 2.78. The van der Waals surface area contributed by atoms with E-state index in [9.17, 15) is 34.5 Å². The number of aliphatic hydroxyl groups excluding tert-OH is 2. The molecule has 2 saturated carbocycles. The van der Waals surface area contributed by atoms with Gasteiger partial charge in [-0.05, 0) is 49.3 Å². The van der Waals surface area contributed by atoms with E-state index >= 15 is 0 Å². The van der Waals surface area contributed by atoms with Crippen LogP contribution >= 0.6 is 0 Å². The van der Waals surface area contributed by atoms with Crippen molar-refractivity contribution in [2.45, 2.75) is 89.2 Å². The van der Waals surface area contributed by atoms with E-state index in [-0.39, 0.29) is 36.2 Å². The van der Waals surface area contributed by atoms with E-state index in [4.69, 9.17) is 23.7 Å². The molecule has 12 nitrogen and oxygen atoms in total. The van der Waals surface area contributed by atoms with Gasteiger partial charge in [0.15, 0.2) is 18.0 Å². The van der Waals surface area contributed by atoms with Crippen molar-refractivity contribution in [3.05, 3.63) is 77.4 Å². The van der Waals surface area contributed by atoms with Crippen molar-refractivity contribution in [1.82, 2.24) is 0 Å². The normalized spacial score (nSPS) is 36.1. The molecular weight excluding hydrogens is 636 g/mol. The molecule has 1 aliphatic heterocycles. The molecule has 3 aliphatic carbocycles. The fraction of sp³-hybridized carbons (Fsp3) is 0.514. The summed E-state index contributed by atoms with van der Waals surface area (Å²) in [5.41, 5.74) is -6.75. The lowest BCUT2D eigenvalue weighted by Crippen LogP contribution is -2.82. The van der Waals surface area contributed by atoms with Gasteiger partial charge in [-0.2, -0.15) is 0 Å². The third kappa shape index (κ3) is 5.36. The largest absolute Gasteiger partial charge is 0.482 e. The van der Waals surface area contributed by atoms with Crippen LogP contribution in [-0.4, -0.2) is 93.9 Å². The first-order valence-electron chi connectivity index (χ1n) is 16.4. The standard InChI is InChI=1S/C37H42O12/c1-20-24(39)17-37(44)32(48-33(43)22-12-8-6-9-13-22)30-35(5,31(42)29(41)28(20)34(37,3)4)25(16-26-36(30,19-46-26)49-21(2)38)47-27(40)18-45-23-14-10-7-11-15-23/h6-15,24-26,29-30,32,39,41,44H,16-19H2,1-5H3/t24?,25-,26+,29+,30-,32-,35+,36-,37+/m0/s1. The molecule has 3 N–H and O–H groups in total. The molecule has 2 aromatic rings. The number of benzene rings is 2. The number of esters is 3. The van der Waals surface area contributed by atoms with E-state index in [0.717, 1.165) is 0 Å². The predicted octanol–water partition coefficient (Wildman–Crippen LogP) is 2.71. The summed E-state index contributed by atoms with van der Waals surface area (Å²) in [6.45, 7) is 6.68. The maximum atomic E-state index is 15.0. The summed E-state index contributed by atoms with van der Waals surface area (Å²) < 4.78 is 29.8. The minimum atomic E-state index is -2.16. The van der Waals surface area contributed by atoms with Gasteiger partial charge in [-0.3, -0.25) is 9.59 Å². The Morgan fingerprint density at radius 2 is 1.59 bits per heavy atom. The Bertz CT molecular complexity index is 1670. The van der Waals surface area contributed by atoms with Gasteiger partial charge in [0.25, 0.3) is 0 Å². The number of ketones is 1. The van der Waals surface area contributed by atoms with E-state index in [2.05, 4.69) is 0 Å². The summed E-state index contributed by atoms with van der Waals surface area (Å²) in [5.74, 6) is -4.26. The zero-order chi connectivity index (χ0) is 35.5. The molecule has 0 radical (unpaired) electrons. The molecule has 49 heavy (non-hydrogen) atoms. The highest BCUT2D eigenvalue weighted by atomic mass is 16.6. The summed E-state index contributed by atoms with van der Waals surface area (Å²) in [4.78, 5) is 55.1. The average Bonchev–Trinajstić information content (AvgIpc) is 3.06. The number of aliphatic hydroxyl groups is 3. The quantitative estimate of drug-likeness (QED) is 0.222. The molecule has 2 bridgehead atoms. The third-order valence-corrected chi connectivity index (χ3v) is 11.3. The molecule has 0 spiro atoms. The summed E-state index contributed by atoms with van der Waals surface area (Å²) in [5, 5.41) is 36.3. The van der Waals surface area contributed by atoms with Crippen LogP contribution in [0.15, 0.2) is 71.8 Å². The molecule has 9 atom stereocenters. The fourth-order valence-corrected chi connectivity index (χ4v) is 8.66. The van der Waals surface area contributed by atoms with E-state index in [1.807, 2.05) is 0 Å². The fourth-order valence-electron chi connectivity index (χ4n) is 8.66. The molecule has 1 unspecified atom stereocenters. The minimum Gasteiger partial charge on any atom is -0.482 e. The van der Waals surface area contributed by atoms with Crippen LogP contribution in [0.25, 0.3) is 0 Å². The van der Waals surface area contributed by atoms with E-state index in [1.165, 1.54) is 26.0 Å². The number of Topliss-reactive ketones (excluding diaryl/α,β-unsaturated/α-hetero) is 1. The zero-order valence-corrected chi connectivity index (χ0v) is 28.1. The van der Waals surface area contributed by atoms with Crippen molar-refractivity contribution < 1.29 is 58.2 Å². The van der Waals surface area contributed by atoms with E-state index in [1.54, 1.807) is 69.3 Å². The smallest absolute Gasteiger partial charge is 0.344 e. The van der Waals surface area contributed by atoms with Gasteiger partial charge in [-0.25, -0.2) is 9.59 Å². The van der Waals surface area contributed by atoms with Crippen LogP contribution in [0.4, 0.5) is 0 Å². The van der Waals surface area contributed by atoms with Crippen LogP contribution < -0.4 is 4.74 Å². The molecule has 0 aromatic heterocycles. The van der Waals surface area contributed by atoms with Crippen molar-refractivity contribution in [1.29, 1.82) is 0 Å². The molecule has 262 valence electrons. The molecule has 2 aromatic carbocycles. The topological polar surface area (TPSA) is 175 Å². The minimum absolute atomic E-state index is 0.0604. The second-order valence-corrected chi connectivity index (χ2v) is 14.2. The van der Waals surface area contributed by atoms with Gasteiger partial charge < -0.3 is 39.0 Å². The molecule has 6 rings (SSSR count). The Morgan fingerprint density at radius 1 is 0.959 bits per heavy atom. The average molecular weight is 679 g/mol. The Hall–Kier alpha value is -4.10. The lowest BCUT2D eigenvalue weighted by Gasteiger charge is -2.67. The second kappa shape index (κ2) is 12.3. The van der Waals surface area contributed by atoms with Crippen molar-refractivity contribution in [2.75, 3.05) is 13.2 Å². The number of fused-ring (bicyclic) bond motifs is 5. The second-order valence-electron chi connectivity index (χ2n) is 14.2. The summed E-state index contributed by atoms with van der Waals surface area (Å²) in [6, 6.07) is 16.6. The number of ether oxygens (including phenoxy) is 5. The third-order valence-electron chi connectivity index (χ3n) is 11.3. The molecule has 1 heterocycles. The van der Waals surface area contributed by atoms with Crippen molar-refractivity contribution in [2.24, 2.45) is 16.7 Å². The van der Waals surface area contributed by atoms with E-state index < -0.39 is 88.8 Å². The van der Waals surface area contributed by atoms with Crippen LogP contribution in [0.3, 0.4) is 0 Å². The number of carbonyl (C=O) groups excluding carboxylic acids is 4. The van der Waals surface area contributed by atoms with Crippen molar-refractivity contribution >= 4 is 23.7 Å². The van der Waals surface area contributed by atoms with Gasteiger partial charge in [-0.1, -0.05) is 50.2 Å². The molecule has 12 heteroatoms. The Balaban J connectivity index is 1.54. The number of rotatable bonds is 7. The number of carbonyl (C=O) groups is 4. The van der Waals surface area contributed by atoms with E-state index in [0.29, 0.717) is 5.75 Å². The van der Waals surface area contributed by atoms with Gasteiger partial charge in [-0.15, -0.1) is 0 Å². The zero-order valence-electron chi connectivity index (χ0n) is 28.1. The highest BCUT2D eigenvalue weighted by molar-refractivity contribution is 5.94. The number of para-hydroxylation sites is 1. The maximum absolute atomic E-state index is 15.0. The molecular formula is C37H42O12. The first kappa shape index (κ1) is 34.8. The van der Waals surface area contributed by atoms with Gasteiger partial charge in [0.1, 0.15) is 35.8 Å².